The number of fused-ring (bicyclic) bond motifs is 1. The lowest BCUT2D eigenvalue weighted by Crippen LogP contribution is -2.34. The Kier molecular flexibility index (Phi) is 4.94. The largest absolute Gasteiger partial charge is 0.489 e. The van der Waals surface area contributed by atoms with Gasteiger partial charge in [-0.3, -0.25) is 0 Å². The van der Waals surface area contributed by atoms with Crippen LogP contribution in [0.4, 0.5) is 11.5 Å². The molecule has 0 radical (unpaired) electrons. The molecule has 0 atom stereocenters. The van der Waals surface area contributed by atoms with Crippen LogP contribution in [0.3, 0.4) is 0 Å². The van der Waals surface area contributed by atoms with Crippen molar-refractivity contribution in [1.82, 2.24) is 4.98 Å². The molecule has 6 nitrogen and oxygen atoms in total. The molecule has 2 heterocycles. The molecule has 2 aliphatic rings. The van der Waals surface area contributed by atoms with Gasteiger partial charge in [-0.2, -0.15) is 0 Å². The van der Waals surface area contributed by atoms with E-state index in [2.05, 4.69) is 15.2 Å². The van der Waals surface area contributed by atoms with E-state index in [1.165, 1.54) is 0 Å². The Balaban J connectivity index is 1.44. The first-order valence-electron chi connectivity index (χ1n) is 10.3. The monoisotopic (exact) mass is 435 g/mol. The highest BCUT2D eigenvalue weighted by atomic mass is 35.5. The number of aromatic carboxylic acids is 1. The summed E-state index contributed by atoms with van der Waals surface area (Å²) in [6, 6.07) is 16.9. The fraction of sp³-hybridized carbons (Fsp3) is 0.250. The van der Waals surface area contributed by atoms with Crippen molar-refractivity contribution < 1.29 is 14.6 Å². The number of carboxylic acids is 1. The van der Waals surface area contributed by atoms with Crippen molar-refractivity contribution in [3.8, 4) is 5.75 Å². The van der Waals surface area contributed by atoms with Gasteiger partial charge in [0.05, 0.1) is 17.6 Å². The van der Waals surface area contributed by atoms with E-state index in [0.717, 1.165) is 59.3 Å². The third-order valence-electron chi connectivity index (χ3n) is 5.90. The van der Waals surface area contributed by atoms with Crippen molar-refractivity contribution in [3.05, 3.63) is 82.5 Å². The quantitative estimate of drug-likeness (QED) is 0.571. The van der Waals surface area contributed by atoms with Crippen LogP contribution in [0, 0.1) is 0 Å². The van der Waals surface area contributed by atoms with Crippen molar-refractivity contribution in [2.24, 2.45) is 0 Å². The lowest BCUT2D eigenvalue weighted by atomic mass is 10.0. The Bertz CT molecular complexity index is 1110. The molecule has 0 saturated heterocycles. The number of carbonyl (C=O) groups is 1. The van der Waals surface area contributed by atoms with Gasteiger partial charge >= 0.3 is 5.97 Å². The first-order valence-corrected chi connectivity index (χ1v) is 10.7. The Morgan fingerprint density at radius 1 is 1.13 bits per heavy atom. The zero-order chi connectivity index (χ0) is 21.4. The number of carboxylic acid groups (broad SMARTS) is 1. The maximum absolute atomic E-state index is 11.2. The van der Waals surface area contributed by atoms with E-state index in [9.17, 15) is 9.90 Å². The first kappa shape index (κ1) is 19.7. The maximum Gasteiger partial charge on any atom is 0.335 e. The minimum absolute atomic E-state index is 0.234. The maximum atomic E-state index is 11.2. The number of nitrogens with zero attached hydrogens (tertiary/aromatic N) is 2. The summed E-state index contributed by atoms with van der Waals surface area (Å²) in [6.45, 7) is 2.11. The lowest BCUT2D eigenvalue weighted by molar-refractivity contribution is 0.0697. The van der Waals surface area contributed by atoms with Crippen LogP contribution in [0.2, 0.25) is 5.02 Å². The number of halogens is 1. The number of benzene rings is 2. The van der Waals surface area contributed by atoms with Gasteiger partial charge in [0.15, 0.2) is 5.82 Å². The molecule has 2 aromatic carbocycles. The topological polar surface area (TPSA) is 74.7 Å². The second-order valence-corrected chi connectivity index (χ2v) is 8.43. The van der Waals surface area contributed by atoms with E-state index in [1.54, 1.807) is 18.3 Å². The molecule has 31 heavy (non-hydrogen) atoms. The molecule has 0 spiro atoms. The molecule has 7 heteroatoms. The molecule has 0 unspecified atom stereocenters. The molecule has 1 aromatic heterocycles. The Labute approximate surface area is 185 Å². The number of ether oxygens (including phenoxy) is 1. The van der Waals surface area contributed by atoms with Gasteiger partial charge in [-0.05, 0) is 48.2 Å². The van der Waals surface area contributed by atoms with Gasteiger partial charge in [0.1, 0.15) is 18.0 Å². The van der Waals surface area contributed by atoms with Crippen molar-refractivity contribution >= 4 is 29.1 Å². The van der Waals surface area contributed by atoms with E-state index in [-0.39, 0.29) is 11.1 Å². The molecule has 1 aliphatic heterocycles. The third-order valence-corrected chi connectivity index (χ3v) is 6.15. The van der Waals surface area contributed by atoms with Crippen molar-refractivity contribution in [1.29, 1.82) is 0 Å². The van der Waals surface area contributed by atoms with Crippen LogP contribution in [0.1, 0.15) is 34.3 Å². The van der Waals surface area contributed by atoms with E-state index in [4.69, 9.17) is 16.3 Å². The number of nitrogens with one attached hydrogen (secondary N) is 1. The van der Waals surface area contributed by atoms with Gasteiger partial charge in [-0.1, -0.05) is 35.9 Å². The molecule has 5 rings (SSSR count). The summed E-state index contributed by atoms with van der Waals surface area (Å²) in [4.78, 5) is 18.1. The second-order valence-electron chi connectivity index (χ2n) is 7.99. The van der Waals surface area contributed by atoms with Crippen molar-refractivity contribution in [2.45, 2.75) is 24.9 Å². The van der Waals surface area contributed by atoms with E-state index in [1.807, 2.05) is 42.5 Å². The molecule has 0 amide bonds. The fourth-order valence-corrected chi connectivity index (χ4v) is 4.19. The molecule has 0 bridgehead atoms. The van der Waals surface area contributed by atoms with Crippen LogP contribution in [-0.2, 0) is 12.1 Å². The summed E-state index contributed by atoms with van der Waals surface area (Å²) >= 11 is 6.04. The highest BCUT2D eigenvalue weighted by molar-refractivity contribution is 6.30. The number of anilines is 2. The normalized spacial score (nSPS) is 16.2. The average Bonchev–Trinajstić information content (AvgIpc) is 3.56. The van der Waals surface area contributed by atoms with Crippen LogP contribution in [0.15, 0.2) is 60.8 Å². The number of aromatic nitrogens is 1. The zero-order valence-corrected chi connectivity index (χ0v) is 17.6. The van der Waals surface area contributed by atoms with Gasteiger partial charge in [0, 0.05) is 23.8 Å². The SMILES string of the molecule is O=C(O)c1ccc(C2(Nc3nccc4c3N(Cc3ccc(Cl)cc3)CCO4)CC2)cc1. The lowest BCUT2D eigenvalue weighted by Gasteiger charge is -2.33. The van der Waals surface area contributed by atoms with Crippen LogP contribution in [0.25, 0.3) is 0 Å². The molecule has 3 aromatic rings. The van der Waals surface area contributed by atoms with Crippen LogP contribution in [-0.4, -0.2) is 29.2 Å². The van der Waals surface area contributed by atoms with Crippen molar-refractivity contribution in [2.75, 3.05) is 23.4 Å². The predicted octanol–water partition coefficient (Wildman–Crippen LogP) is 4.93. The van der Waals surface area contributed by atoms with Gasteiger partial charge < -0.3 is 20.1 Å². The third kappa shape index (κ3) is 3.91. The van der Waals surface area contributed by atoms with Crippen molar-refractivity contribution in [3.63, 3.8) is 0 Å². The molecular formula is C24H22ClN3O3. The molecule has 1 fully saturated rings. The fourth-order valence-electron chi connectivity index (χ4n) is 4.07. The first-order chi connectivity index (χ1) is 15.0. The van der Waals surface area contributed by atoms with E-state index >= 15 is 0 Å². The molecule has 2 N–H and O–H groups in total. The van der Waals surface area contributed by atoms with Gasteiger partial charge in [0.25, 0.3) is 0 Å². The number of hydrogen-bond donors (Lipinski definition) is 2. The summed E-state index contributed by atoms with van der Waals surface area (Å²) in [5, 5.41) is 13.5. The summed E-state index contributed by atoms with van der Waals surface area (Å²) < 4.78 is 5.93. The summed E-state index contributed by atoms with van der Waals surface area (Å²) in [7, 11) is 0. The molecular weight excluding hydrogens is 414 g/mol. The summed E-state index contributed by atoms with van der Waals surface area (Å²) in [5.74, 6) is 0.679. The van der Waals surface area contributed by atoms with Gasteiger partial charge in [-0.15, -0.1) is 0 Å². The average molecular weight is 436 g/mol. The van der Waals surface area contributed by atoms with E-state index < -0.39 is 5.97 Å². The minimum Gasteiger partial charge on any atom is -0.489 e. The smallest absolute Gasteiger partial charge is 0.335 e. The minimum atomic E-state index is -0.918. The predicted molar refractivity (Wildman–Crippen MR) is 120 cm³/mol. The Morgan fingerprint density at radius 2 is 1.87 bits per heavy atom. The Morgan fingerprint density at radius 3 is 2.55 bits per heavy atom. The number of pyridine rings is 1. The Hall–Kier alpha value is -3.25. The van der Waals surface area contributed by atoms with Gasteiger partial charge in [-0.25, -0.2) is 9.78 Å². The standard InChI is InChI=1S/C24H22ClN3O3/c25-19-7-1-16(2-8-19)15-28-13-14-31-20-9-12-26-22(21(20)28)27-24(10-11-24)18-5-3-17(4-6-18)23(29)30/h1-9,12H,10-11,13-15H2,(H,26,27)(H,29,30). The molecule has 158 valence electrons. The van der Waals surface area contributed by atoms with E-state index in [0.29, 0.717) is 6.61 Å². The number of hydrogen-bond acceptors (Lipinski definition) is 5. The summed E-state index contributed by atoms with van der Waals surface area (Å²) in [6.07, 6.45) is 3.68. The highest BCUT2D eigenvalue weighted by Gasteiger charge is 2.45. The van der Waals surface area contributed by atoms with Crippen LogP contribution < -0.4 is 15.0 Å². The molecule has 1 saturated carbocycles. The molecule has 1 aliphatic carbocycles. The zero-order valence-electron chi connectivity index (χ0n) is 16.8. The van der Waals surface area contributed by atoms with Gasteiger partial charge in [0.2, 0.25) is 0 Å². The number of rotatable bonds is 6. The van der Waals surface area contributed by atoms with Crippen LogP contribution in [0.5, 0.6) is 5.75 Å². The summed E-state index contributed by atoms with van der Waals surface area (Å²) in [5.41, 5.74) is 3.24. The second kappa shape index (κ2) is 7.78. The van der Waals surface area contributed by atoms with Crippen LogP contribution >= 0.6 is 11.6 Å². The highest BCUT2D eigenvalue weighted by Crippen LogP contribution is 2.50.